The Bertz CT molecular complexity index is 397. The van der Waals surface area contributed by atoms with Crippen molar-refractivity contribution in [2.24, 2.45) is 5.41 Å². The van der Waals surface area contributed by atoms with Crippen molar-refractivity contribution in [1.29, 1.82) is 5.26 Å². The normalized spacial score (nSPS) is 30.2. The highest BCUT2D eigenvalue weighted by atomic mass is 35.5. The van der Waals surface area contributed by atoms with Gasteiger partial charge < -0.3 is 15.4 Å². The molecule has 2 saturated heterocycles. The van der Waals surface area contributed by atoms with Gasteiger partial charge in [0, 0.05) is 0 Å². The Morgan fingerprint density at radius 1 is 1.32 bits per heavy atom. The SMILES string of the molecule is Cl.N#CC1(C(=O)NC2COC3(CCNCC3)C2)CC1. The van der Waals surface area contributed by atoms with Gasteiger partial charge in [-0.3, -0.25) is 4.79 Å². The van der Waals surface area contributed by atoms with E-state index in [9.17, 15) is 4.79 Å². The molecule has 1 saturated carbocycles. The van der Waals surface area contributed by atoms with Gasteiger partial charge in [0.1, 0.15) is 5.41 Å². The molecule has 2 aliphatic heterocycles. The molecule has 2 heterocycles. The molecule has 19 heavy (non-hydrogen) atoms. The summed E-state index contributed by atoms with van der Waals surface area (Å²) in [5.41, 5.74) is -0.754. The number of carbonyl (C=O) groups is 1. The predicted octanol–water partition coefficient (Wildman–Crippen LogP) is 0.739. The largest absolute Gasteiger partial charge is 0.373 e. The van der Waals surface area contributed by atoms with Gasteiger partial charge in [-0.05, 0) is 45.2 Å². The van der Waals surface area contributed by atoms with Crippen LogP contribution in [0.3, 0.4) is 0 Å². The van der Waals surface area contributed by atoms with Crippen LogP contribution in [0.2, 0.25) is 0 Å². The van der Waals surface area contributed by atoms with Gasteiger partial charge in [0.15, 0.2) is 0 Å². The second-order valence-corrected chi connectivity index (χ2v) is 5.81. The second kappa shape index (κ2) is 5.28. The number of nitrogens with one attached hydrogen (secondary N) is 2. The first-order valence-corrected chi connectivity index (χ1v) is 6.75. The fourth-order valence-corrected chi connectivity index (χ4v) is 3.01. The summed E-state index contributed by atoms with van der Waals surface area (Å²) in [7, 11) is 0. The van der Waals surface area contributed by atoms with Crippen LogP contribution in [0.5, 0.6) is 0 Å². The maximum Gasteiger partial charge on any atom is 0.240 e. The monoisotopic (exact) mass is 285 g/mol. The molecule has 5 nitrogen and oxygen atoms in total. The zero-order chi connectivity index (χ0) is 12.6. The number of halogens is 1. The molecule has 0 radical (unpaired) electrons. The van der Waals surface area contributed by atoms with Gasteiger partial charge in [0.05, 0.1) is 24.3 Å². The fourth-order valence-electron chi connectivity index (χ4n) is 3.01. The number of amides is 1. The minimum absolute atomic E-state index is 0. The molecule has 0 aromatic carbocycles. The van der Waals surface area contributed by atoms with Crippen LogP contribution in [0, 0.1) is 16.7 Å². The lowest BCUT2D eigenvalue weighted by Gasteiger charge is -2.32. The van der Waals surface area contributed by atoms with Crippen LogP contribution < -0.4 is 10.6 Å². The highest BCUT2D eigenvalue weighted by Crippen LogP contribution is 2.45. The molecular weight excluding hydrogens is 266 g/mol. The zero-order valence-electron chi connectivity index (χ0n) is 10.9. The Kier molecular flexibility index (Phi) is 4.05. The summed E-state index contributed by atoms with van der Waals surface area (Å²) in [6, 6.07) is 2.22. The van der Waals surface area contributed by atoms with Crippen LogP contribution in [0.1, 0.15) is 32.1 Å². The maximum absolute atomic E-state index is 12.0. The van der Waals surface area contributed by atoms with Crippen LogP contribution in [-0.4, -0.2) is 37.2 Å². The van der Waals surface area contributed by atoms with Gasteiger partial charge in [-0.2, -0.15) is 5.26 Å². The topological polar surface area (TPSA) is 74.2 Å². The number of nitrogens with zero attached hydrogens (tertiary/aromatic N) is 1. The summed E-state index contributed by atoms with van der Waals surface area (Å²) >= 11 is 0. The first kappa shape index (κ1) is 14.6. The summed E-state index contributed by atoms with van der Waals surface area (Å²) in [4.78, 5) is 12.0. The average molecular weight is 286 g/mol. The molecule has 1 amide bonds. The molecule has 0 aromatic rings. The lowest BCUT2D eigenvalue weighted by Crippen LogP contribution is -2.44. The Hall–Kier alpha value is -0.830. The summed E-state index contributed by atoms with van der Waals surface area (Å²) in [6.45, 7) is 2.57. The van der Waals surface area contributed by atoms with E-state index in [4.69, 9.17) is 10.00 Å². The van der Waals surface area contributed by atoms with E-state index in [1.54, 1.807) is 0 Å². The Balaban J connectivity index is 0.00000133. The molecule has 3 rings (SSSR count). The van der Waals surface area contributed by atoms with Gasteiger partial charge >= 0.3 is 0 Å². The van der Waals surface area contributed by atoms with Crippen molar-refractivity contribution in [1.82, 2.24) is 10.6 Å². The average Bonchev–Trinajstić information content (AvgIpc) is 3.11. The van der Waals surface area contributed by atoms with E-state index in [0.717, 1.165) is 32.4 Å². The minimum Gasteiger partial charge on any atom is -0.373 e. The van der Waals surface area contributed by atoms with E-state index >= 15 is 0 Å². The molecule has 3 fully saturated rings. The Labute approximate surface area is 119 Å². The van der Waals surface area contributed by atoms with Crippen molar-refractivity contribution in [3.05, 3.63) is 0 Å². The number of piperidine rings is 1. The van der Waals surface area contributed by atoms with Gasteiger partial charge in [-0.1, -0.05) is 0 Å². The van der Waals surface area contributed by atoms with E-state index in [1.807, 2.05) is 0 Å². The molecule has 6 heteroatoms. The van der Waals surface area contributed by atoms with Crippen LogP contribution in [0.15, 0.2) is 0 Å². The van der Waals surface area contributed by atoms with Crippen LogP contribution in [-0.2, 0) is 9.53 Å². The predicted molar refractivity (Wildman–Crippen MR) is 71.9 cm³/mol. The second-order valence-electron chi connectivity index (χ2n) is 5.81. The molecule has 3 aliphatic rings. The summed E-state index contributed by atoms with van der Waals surface area (Å²) in [5, 5.41) is 15.3. The maximum atomic E-state index is 12.0. The number of ether oxygens (including phenoxy) is 1. The summed E-state index contributed by atoms with van der Waals surface area (Å²) < 4.78 is 5.92. The van der Waals surface area contributed by atoms with Crippen LogP contribution in [0.4, 0.5) is 0 Å². The molecular formula is C13H20ClN3O2. The van der Waals surface area contributed by atoms with Crippen molar-refractivity contribution >= 4 is 18.3 Å². The third kappa shape index (κ3) is 2.71. The quantitative estimate of drug-likeness (QED) is 0.785. The smallest absolute Gasteiger partial charge is 0.240 e. The van der Waals surface area contributed by atoms with Crippen LogP contribution >= 0.6 is 12.4 Å². The molecule has 106 valence electrons. The number of hydrogen-bond donors (Lipinski definition) is 2. The lowest BCUT2D eigenvalue weighted by atomic mass is 9.88. The number of carbonyl (C=O) groups excluding carboxylic acids is 1. The summed E-state index contributed by atoms with van der Waals surface area (Å²) in [5.74, 6) is -0.0930. The zero-order valence-corrected chi connectivity index (χ0v) is 11.7. The van der Waals surface area contributed by atoms with Gasteiger partial charge in [-0.25, -0.2) is 0 Å². The van der Waals surface area contributed by atoms with Crippen molar-refractivity contribution < 1.29 is 9.53 Å². The van der Waals surface area contributed by atoms with Crippen molar-refractivity contribution in [2.75, 3.05) is 19.7 Å². The number of rotatable bonds is 2. The molecule has 1 aliphatic carbocycles. The lowest BCUT2D eigenvalue weighted by molar-refractivity contribution is -0.125. The van der Waals surface area contributed by atoms with Crippen molar-refractivity contribution in [3.63, 3.8) is 0 Å². The first-order valence-electron chi connectivity index (χ1n) is 6.75. The fraction of sp³-hybridized carbons (Fsp3) is 0.846. The third-order valence-corrected chi connectivity index (χ3v) is 4.46. The van der Waals surface area contributed by atoms with E-state index in [-0.39, 0.29) is 30.0 Å². The third-order valence-electron chi connectivity index (χ3n) is 4.46. The van der Waals surface area contributed by atoms with E-state index in [0.29, 0.717) is 19.4 Å². The minimum atomic E-state index is -0.718. The van der Waals surface area contributed by atoms with Crippen LogP contribution in [0.25, 0.3) is 0 Å². The van der Waals surface area contributed by atoms with E-state index < -0.39 is 5.41 Å². The molecule has 1 unspecified atom stereocenters. The van der Waals surface area contributed by atoms with Crippen molar-refractivity contribution in [3.8, 4) is 6.07 Å². The first-order chi connectivity index (χ1) is 8.68. The van der Waals surface area contributed by atoms with Gasteiger partial charge in [-0.15, -0.1) is 12.4 Å². The highest BCUT2D eigenvalue weighted by Gasteiger charge is 2.52. The molecule has 0 bridgehead atoms. The summed E-state index contributed by atoms with van der Waals surface area (Å²) in [6.07, 6.45) is 4.34. The molecule has 2 N–H and O–H groups in total. The highest BCUT2D eigenvalue weighted by molar-refractivity contribution is 5.88. The molecule has 1 spiro atoms. The Morgan fingerprint density at radius 2 is 2.00 bits per heavy atom. The van der Waals surface area contributed by atoms with Gasteiger partial charge in [0.25, 0.3) is 0 Å². The van der Waals surface area contributed by atoms with Gasteiger partial charge in [0.2, 0.25) is 5.91 Å². The number of hydrogen-bond acceptors (Lipinski definition) is 4. The van der Waals surface area contributed by atoms with Crippen molar-refractivity contribution in [2.45, 2.75) is 43.7 Å². The number of nitriles is 1. The van der Waals surface area contributed by atoms with E-state index in [2.05, 4.69) is 16.7 Å². The molecule has 1 atom stereocenters. The molecule has 0 aromatic heterocycles. The van der Waals surface area contributed by atoms with E-state index in [1.165, 1.54) is 0 Å². The standard InChI is InChI=1S/C13H19N3O2.ClH/c14-9-12(1-2-12)11(17)16-10-7-13(18-8-10)3-5-15-6-4-13;/h10,15H,1-8H2,(H,16,17);1H. The Morgan fingerprint density at radius 3 is 2.58 bits per heavy atom.